The van der Waals surface area contributed by atoms with E-state index in [-0.39, 0.29) is 6.04 Å². The van der Waals surface area contributed by atoms with Crippen LogP contribution in [-0.4, -0.2) is 7.05 Å². The predicted octanol–water partition coefficient (Wildman–Crippen LogP) is 4.61. The highest BCUT2D eigenvalue weighted by Gasteiger charge is 2.14. The second-order valence-corrected chi connectivity index (χ2v) is 5.15. The molecular formula is C15H15Cl2N. The Morgan fingerprint density at radius 1 is 1.00 bits per heavy atom. The molecule has 18 heavy (non-hydrogen) atoms. The lowest BCUT2D eigenvalue weighted by molar-refractivity contribution is 0.687. The van der Waals surface area contributed by atoms with E-state index in [4.69, 9.17) is 23.2 Å². The maximum absolute atomic E-state index is 6.05. The molecule has 0 aliphatic rings. The molecular weight excluding hydrogens is 265 g/mol. The van der Waals surface area contributed by atoms with Crippen molar-refractivity contribution >= 4 is 23.2 Å². The van der Waals surface area contributed by atoms with E-state index in [0.29, 0.717) is 0 Å². The molecule has 0 saturated heterocycles. The summed E-state index contributed by atoms with van der Waals surface area (Å²) in [5.41, 5.74) is 3.53. The molecule has 1 unspecified atom stereocenters. The Kier molecular flexibility index (Phi) is 4.28. The maximum Gasteiger partial charge on any atom is 0.0577 e. The van der Waals surface area contributed by atoms with Crippen LogP contribution in [0.1, 0.15) is 22.7 Å². The monoisotopic (exact) mass is 279 g/mol. The van der Waals surface area contributed by atoms with E-state index in [2.05, 4.69) is 24.4 Å². The van der Waals surface area contributed by atoms with Gasteiger partial charge in [-0.05, 0) is 54.9 Å². The summed E-state index contributed by atoms with van der Waals surface area (Å²) in [6, 6.07) is 14.0. The molecule has 94 valence electrons. The third kappa shape index (κ3) is 2.86. The summed E-state index contributed by atoms with van der Waals surface area (Å²) in [7, 11) is 1.94. The Labute approximate surface area is 118 Å². The number of aryl methyl sites for hydroxylation is 1. The van der Waals surface area contributed by atoms with Crippen molar-refractivity contribution in [3.8, 4) is 0 Å². The van der Waals surface area contributed by atoms with Gasteiger partial charge in [0.05, 0.1) is 6.04 Å². The smallest absolute Gasteiger partial charge is 0.0577 e. The molecule has 0 aromatic heterocycles. The zero-order valence-electron chi connectivity index (χ0n) is 10.4. The maximum atomic E-state index is 6.05. The number of hydrogen-bond donors (Lipinski definition) is 1. The highest BCUT2D eigenvalue weighted by molar-refractivity contribution is 6.31. The fourth-order valence-corrected chi connectivity index (χ4v) is 2.58. The molecule has 2 aromatic rings. The molecule has 0 aliphatic heterocycles. The topological polar surface area (TPSA) is 12.0 Å². The van der Waals surface area contributed by atoms with Crippen molar-refractivity contribution in [2.45, 2.75) is 13.0 Å². The summed E-state index contributed by atoms with van der Waals surface area (Å²) in [5, 5.41) is 4.83. The van der Waals surface area contributed by atoms with E-state index >= 15 is 0 Å². The van der Waals surface area contributed by atoms with Gasteiger partial charge in [-0.3, -0.25) is 0 Å². The van der Waals surface area contributed by atoms with Crippen LogP contribution >= 0.6 is 23.2 Å². The molecule has 0 amide bonds. The molecule has 0 radical (unpaired) electrons. The van der Waals surface area contributed by atoms with Gasteiger partial charge >= 0.3 is 0 Å². The number of benzene rings is 2. The molecule has 0 fully saturated rings. The average molecular weight is 280 g/mol. The Bertz CT molecular complexity index is 552. The molecule has 1 nitrogen and oxygen atoms in total. The average Bonchev–Trinajstić information content (AvgIpc) is 2.33. The molecule has 3 heteroatoms. The fraction of sp³-hybridized carbons (Fsp3) is 0.200. The molecule has 1 atom stereocenters. The van der Waals surface area contributed by atoms with Crippen LogP contribution in [-0.2, 0) is 0 Å². The first-order chi connectivity index (χ1) is 8.61. The molecule has 2 rings (SSSR count). The first kappa shape index (κ1) is 13.4. The normalized spacial score (nSPS) is 12.4. The van der Waals surface area contributed by atoms with Crippen LogP contribution < -0.4 is 5.32 Å². The first-order valence-electron chi connectivity index (χ1n) is 5.80. The van der Waals surface area contributed by atoms with Gasteiger partial charge in [-0.25, -0.2) is 0 Å². The third-order valence-electron chi connectivity index (χ3n) is 3.01. The lowest BCUT2D eigenvalue weighted by Gasteiger charge is -2.19. The zero-order chi connectivity index (χ0) is 13.1. The fourth-order valence-electron chi connectivity index (χ4n) is 2.15. The highest BCUT2D eigenvalue weighted by Crippen LogP contribution is 2.27. The van der Waals surface area contributed by atoms with E-state index in [1.807, 2.05) is 37.4 Å². The van der Waals surface area contributed by atoms with Gasteiger partial charge in [0.15, 0.2) is 0 Å². The van der Waals surface area contributed by atoms with Gasteiger partial charge in [0.1, 0.15) is 0 Å². The van der Waals surface area contributed by atoms with E-state index in [1.54, 1.807) is 0 Å². The standard InChI is InChI=1S/C15H15Cl2N/c1-10-8-13(17)6-7-14(10)15(18-2)11-4-3-5-12(16)9-11/h3-9,15,18H,1-2H3. The zero-order valence-corrected chi connectivity index (χ0v) is 11.9. The van der Waals surface area contributed by atoms with Crippen LogP contribution in [0.4, 0.5) is 0 Å². The first-order valence-corrected chi connectivity index (χ1v) is 6.56. The number of nitrogens with one attached hydrogen (secondary N) is 1. The molecule has 1 N–H and O–H groups in total. The SMILES string of the molecule is CNC(c1cccc(Cl)c1)c1ccc(Cl)cc1C. The van der Waals surface area contributed by atoms with Crippen molar-refractivity contribution in [2.75, 3.05) is 7.05 Å². The Morgan fingerprint density at radius 2 is 1.72 bits per heavy atom. The summed E-state index contributed by atoms with van der Waals surface area (Å²) >= 11 is 12.0. The van der Waals surface area contributed by atoms with Crippen molar-refractivity contribution in [1.29, 1.82) is 0 Å². The van der Waals surface area contributed by atoms with Crippen molar-refractivity contribution < 1.29 is 0 Å². The van der Waals surface area contributed by atoms with Crippen LogP contribution in [0.5, 0.6) is 0 Å². The molecule has 0 bridgehead atoms. The second-order valence-electron chi connectivity index (χ2n) is 4.28. The van der Waals surface area contributed by atoms with E-state index in [9.17, 15) is 0 Å². The minimum atomic E-state index is 0.126. The Morgan fingerprint density at radius 3 is 2.33 bits per heavy atom. The van der Waals surface area contributed by atoms with Gasteiger partial charge in [-0.1, -0.05) is 41.4 Å². The van der Waals surface area contributed by atoms with Crippen molar-refractivity contribution in [1.82, 2.24) is 5.32 Å². The van der Waals surface area contributed by atoms with Crippen molar-refractivity contribution in [3.63, 3.8) is 0 Å². The van der Waals surface area contributed by atoms with Crippen LogP contribution in [0.25, 0.3) is 0 Å². The van der Waals surface area contributed by atoms with Gasteiger partial charge in [0.25, 0.3) is 0 Å². The minimum Gasteiger partial charge on any atom is -0.309 e. The molecule has 0 spiro atoms. The summed E-state index contributed by atoms with van der Waals surface area (Å²) in [5.74, 6) is 0. The molecule has 0 heterocycles. The van der Waals surface area contributed by atoms with Gasteiger partial charge in [-0.2, -0.15) is 0 Å². The molecule has 0 aliphatic carbocycles. The summed E-state index contributed by atoms with van der Waals surface area (Å²) in [6.45, 7) is 2.07. The lowest BCUT2D eigenvalue weighted by Crippen LogP contribution is -2.18. The number of halogens is 2. The van der Waals surface area contributed by atoms with Crippen molar-refractivity contribution in [2.24, 2.45) is 0 Å². The quantitative estimate of drug-likeness (QED) is 0.865. The van der Waals surface area contributed by atoms with Crippen LogP contribution in [0, 0.1) is 6.92 Å². The number of rotatable bonds is 3. The third-order valence-corrected chi connectivity index (χ3v) is 3.48. The van der Waals surface area contributed by atoms with E-state index < -0.39 is 0 Å². The van der Waals surface area contributed by atoms with Gasteiger partial charge in [0.2, 0.25) is 0 Å². The van der Waals surface area contributed by atoms with Crippen LogP contribution in [0.2, 0.25) is 10.0 Å². The largest absolute Gasteiger partial charge is 0.309 e. The predicted molar refractivity (Wildman–Crippen MR) is 78.5 cm³/mol. The van der Waals surface area contributed by atoms with Crippen LogP contribution in [0.15, 0.2) is 42.5 Å². The molecule has 0 saturated carbocycles. The Hall–Kier alpha value is -1.02. The van der Waals surface area contributed by atoms with E-state index in [1.165, 1.54) is 11.1 Å². The summed E-state index contributed by atoms with van der Waals surface area (Å²) in [4.78, 5) is 0. The number of hydrogen-bond acceptors (Lipinski definition) is 1. The summed E-state index contributed by atoms with van der Waals surface area (Å²) in [6.07, 6.45) is 0. The Balaban J connectivity index is 2.45. The van der Waals surface area contributed by atoms with Gasteiger partial charge in [0, 0.05) is 10.0 Å². The van der Waals surface area contributed by atoms with Crippen LogP contribution in [0.3, 0.4) is 0 Å². The minimum absolute atomic E-state index is 0.126. The van der Waals surface area contributed by atoms with Crippen molar-refractivity contribution in [3.05, 3.63) is 69.2 Å². The van der Waals surface area contributed by atoms with Gasteiger partial charge in [-0.15, -0.1) is 0 Å². The second kappa shape index (κ2) is 5.75. The van der Waals surface area contributed by atoms with E-state index in [0.717, 1.165) is 15.6 Å². The summed E-state index contributed by atoms with van der Waals surface area (Å²) < 4.78 is 0. The molecule has 2 aromatic carbocycles. The lowest BCUT2D eigenvalue weighted by atomic mass is 9.95. The van der Waals surface area contributed by atoms with Gasteiger partial charge < -0.3 is 5.32 Å². The highest BCUT2D eigenvalue weighted by atomic mass is 35.5.